The van der Waals surface area contributed by atoms with E-state index in [0.29, 0.717) is 12.5 Å². The number of aromatic nitrogens is 2. The van der Waals surface area contributed by atoms with Crippen LogP contribution in [0.15, 0.2) is 12.4 Å². The van der Waals surface area contributed by atoms with E-state index < -0.39 is 0 Å². The van der Waals surface area contributed by atoms with Crippen LogP contribution in [0.5, 0.6) is 0 Å². The smallest absolute Gasteiger partial charge is 0.241 e. The summed E-state index contributed by atoms with van der Waals surface area (Å²) >= 11 is 0. The van der Waals surface area contributed by atoms with Crippen molar-refractivity contribution in [2.45, 2.75) is 26.3 Å². The van der Waals surface area contributed by atoms with E-state index in [0.717, 1.165) is 5.56 Å². The average molecular weight is 181 g/mol. The van der Waals surface area contributed by atoms with Gasteiger partial charge in [0.25, 0.3) is 0 Å². The second-order valence-corrected chi connectivity index (χ2v) is 3.30. The quantitative estimate of drug-likeness (QED) is 0.748. The maximum Gasteiger partial charge on any atom is 0.241 e. The third-order valence-corrected chi connectivity index (χ3v) is 1.90. The van der Waals surface area contributed by atoms with Gasteiger partial charge in [-0.3, -0.25) is 9.48 Å². The minimum atomic E-state index is -0.0293. The van der Waals surface area contributed by atoms with E-state index in [9.17, 15) is 4.79 Å². The Bertz CT molecular complexity index is 291. The Morgan fingerprint density at radius 2 is 2.38 bits per heavy atom. The van der Waals surface area contributed by atoms with Gasteiger partial charge < -0.3 is 5.32 Å². The van der Waals surface area contributed by atoms with Crippen molar-refractivity contribution in [1.82, 2.24) is 15.1 Å². The average Bonchev–Trinajstić information content (AvgIpc) is 2.52. The minimum absolute atomic E-state index is 0.0293. The highest BCUT2D eigenvalue weighted by Crippen LogP contribution is 2.11. The number of nitrogens with zero attached hydrogens (tertiary/aromatic N) is 2. The first-order valence-electron chi connectivity index (χ1n) is 4.36. The van der Waals surface area contributed by atoms with Crippen LogP contribution in [-0.2, 0) is 11.3 Å². The predicted octanol–water partition coefficient (Wildman–Crippen LogP) is 0.752. The molecular weight excluding hydrogens is 166 g/mol. The van der Waals surface area contributed by atoms with E-state index >= 15 is 0 Å². The lowest BCUT2D eigenvalue weighted by Crippen LogP contribution is -2.23. The lowest BCUT2D eigenvalue weighted by Gasteiger charge is -2.00. The van der Waals surface area contributed by atoms with Gasteiger partial charge in [-0.1, -0.05) is 13.8 Å². The molecule has 0 aliphatic carbocycles. The van der Waals surface area contributed by atoms with Gasteiger partial charge >= 0.3 is 0 Å². The maximum absolute atomic E-state index is 11.0. The number of rotatable bonds is 3. The second kappa shape index (κ2) is 4.07. The Kier molecular flexibility index (Phi) is 3.06. The molecule has 0 saturated carbocycles. The molecule has 1 aromatic rings. The zero-order chi connectivity index (χ0) is 9.84. The Morgan fingerprint density at radius 1 is 1.69 bits per heavy atom. The predicted molar refractivity (Wildman–Crippen MR) is 50.4 cm³/mol. The van der Waals surface area contributed by atoms with Crippen LogP contribution in [0.1, 0.15) is 25.3 Å². The number of amides is 1. The summed E-state index contributed by atoms with van der Waals surface area (Å²) in [5, 5.41) is 6.63. The monoisotopic (exact) mass is 181 g/mol. The molecule has 0 saturated heterocycles. The van der Waals surface area contributed by atoms with Crippen LogP contribution in [-0.4, -0.2) is 22.7 Å². The van der Waals surface area contributed by atoms with Gasteiger partial charge in [0.2, 0.25) is 5.91 Å². The molecule has 1 aromatic heterocycles. The summed E-state index contributed by atoms with van der Waals surface area (Å²) in [6.45, 7) is 4.49. The lowest BCUT2D eigenvalue weighted by molar-refractivity contribution is -0.121. The van der Waals surface area contributed by atoms with Crippen molar-refractivity contribution >= 4 is 5.91 Å². The molecule has 1 rings (SSSR count). The molecule has 1 amide bonds. The van der Waals surface area contributed by atoms with Crippen molar-refractivity contribution in [3.63, 3.8) is 0 Å². The van der Waals surface area contributed by atoms with Gasteiger partial charge in [-0.15, -0.1) is 0 Å². The Balaban J connectivity index is 2.64. The summed E-state index contributed by atoms with van der Waals surface area (Å²) in [4.78, 5) is 11.0. The van der Waals surface area contributed by atoms with Crippen LogP contribution in [0.4, 0.5) is 0 Å². The minimum Gasteiger partial charge on any atom is -0.358 e. The first kappa shape index (κ1) is 9.77. The second-order valence-electron chi connectivity index (χ2n) is 3.30. The highest BCUT2D eigenvalue weighted by molar-refractivity contribution is 5.75. The molecule has 13 heavy (non-hydrogen) atoms. The molecule has 4 heteroatoms. The molecule has 0 aliphatic rings. The van der Waals surface area contributed by atoms with Gasteiger partial charge in [0.15, 0.2) is 0 Å². The van der Waals surface area contributed by atoms with Crippen molar-refractivity contribution in [3.05, 3.63) is 18.0 Å². The van der Waals surface area contributed by atoms with E-state index in [2.05, 4.69) is 24.3 Å². The first-order valence-corrected chi connectivity index (χ1v) is 4.36. The van der Waals surface area contributed by atoms with Crippen LogP contribution >= 0.6 is 0 Å². The maximum atomic E-state index is 11.0. The lowest BCUT2D eigenvalue weighted by atomic mass is 10.1. The number of nitrogens with one attached hydrogen (secondary N) is 1. The summed E-state index contributed by atoms with van der Waals surface area (Å²) in [5.41, 5.74) is 1.16. The van der Waals surface area contributed by atoms with Crippen molar-refractivity contribution < 1.29 is 4.79 Å². The Morgan fingerprint density at radius 3 is 2.85 bits per heavy atom. The van der Waals surface area contributed by atoms with Crippen molar-refractivity contribution in [2.24, 2.45) is 0 Å². The number of likely N-dealkylation sites (N-methyl/N-ethyl adjacent to an activating group) is 1. The fourth-order valence-corrected chi connectivity index (χ4v) is 0.990. The van der Waals surface area contributed by atoms with Crippen LogP contribution in [0.3, 0.4) is 0 Å². The van der Waals surface area contributed by atoms with Crippen LogP contribution in [0, 0.1) is 0 Å². The number of hydrogen-bond donors (Lipinski definition) is 1. The van der Waals surface area contributed by atoms with Gasteiger partial charge in [0.1, 0.15) is 6.54 Å². The summed E-state index contributed by atoms with van der Waals surface area (Å²) in [7, 11) is 1.62. The summed E-state index contributed by atoms with van der Waals surface area (Å²) < 4.78 is 1.65. The van der Waals surface area contributed by atoms with Gasteiger partial charge in [-0.05, 0) is 11.5 Å². The third-order valence-electron chi connectivity index (χ3n) is 1.90. The molecule has 1 N–H and O–H groups in total. The highest BCUT2D eigenvalue weighted by Gasteiger charge is 2.04. The van der Waals surface area contributed by atoms with E-state index in [1.54, 1.807) is 17.9 Å². The molecule has 0 atom stereocenters. The molecule has 0 bridgehead atoms. The highest BCUT2D eigenvalue weighted by atomic mass is 16.1. The van der Waals surface area contributed by atoms with E-state index in [-0.39, 0.29) is 5.91 Å². The van der Waals surface area contributed by atoms with Gasteiger partial charge in [-0.25, -0.2) is 0 Å². The molecule has 0 spiro atoms. The van der Waals surface area contributed by atoms with Gasteiger partial charge in [-0.2, -0.15) is 5.10 Å². The molecule has 0 unspecified atom stereocenters. The molecule has 72 valence electrons. The van der Waals surface area contributed by atoms with Crippen molar-refractivity contribution in [1.29, 1.82) is 0 Å². The largest absolute Gasteiger partial charge is 0.358 e. The normalized spacial score (nSPS) is 10.5. The number of hydrogen-bond acceptors (Lipinski definition) is 2. The molecule has 0 aromatic carbocycles. The van der Waals surface area contributed by atoms with Gasteiger partial charge in [0.05, 0.1) is 6.20 Å². The first-order chi connectivity index (χ1) is 6.13. The summed E-state index contributed by atoms with van der Waals surface area (Å²) in [6, 6.07) is 0. The number of carbonyl (C=O) groups excluding carboxylic acids is 1. The zero-order valence-electron chi connectivity index (χ0n) is 8.24. The van der Waals surface area contributed by atoms with E-state index in [4.69, 9.17) is 0 Å². The van der Waals surface area contributed by atoms with E-state index in [1.807, 2.05) is 6.20 Å². The molecule has 1 heterocycles. The molecule has 0 fully saturated rings. The van der Waals surface area contributed by atoms with E-state index in [1.165, 1.54) is 0 Å². The Labute approximate surface area is 77.9 Å². The van der Waals surface area contributed by atoms with Crippen LogP contribution in [0.2, 0.25) is 0 Å². The molecule has 4 nitrogen and oxygen atoms in total. The van der Waals surface area contributed by atoms with Crippen LogP contribution < -0.4 is 5.32 Å². The third kappa shape index (κ3) is 2.57. The van der Waals surface area contributed by atoms with Crippen molar-refractivity contribution in [2.75, 3.05) is 7.05 Å². The fourth-order valence-electron chi connectivity index (χ4n) is 0.990. The Hall–Kier alpha value is -1.32. The zero-order valence-corrected chi connectivity index (χ0v) is 8.24. The number of carbonyl (C=O) groups is 1. The van der Waals surface area contributed by atoms with Crippen molar-refractivity contribution in [3.8, 4) is 0 Å². The SMILES string of the molecule is CNC(=O)Cn1cc(C(C)C)cn1. The molecule has 0 aliphatic heterocycles. The van der Waals surface area contributed by atoms with Crippen LogP contribution in [0.25, 0.3) is 0 Å². The molecular formula is C9H15N3O. The van der Waals surface area contributed by atoms with Gasteiger partial charge in [0, 0.05) is 13.2 Å². The summed E-state index contributed by atoms with van der Waals surface area (Å²) in [5.74, 6) is 0.428. The fraction of sp³-hybridized carbons (Fsp3) is 0.556. The topological polar surface area (TPSA) is 46.9 Å². The summed E-state index contributed by atoms with van der Waals surface area (Å²) in [6.07, 6.45) is 3.70. The standard InChI is InChI=1S/C9H15N3O/c1-7(2)8-4-11-12(5-8)6-9(13)10-3/h4-5,7H,6H2,1-3H3,(H,10,13). The molecule has 0 radical (unpaired) electrons.